The number of hydrogen-bond acceptors (Lipinski definition) is 7. The van der Waals surface area contributed by atoms with Crippen molar-refractivity contribution in [2.75, 3.05) is 39.3 Å². The topological polar surface area (TPSA) is 142 Å². The van der Waals surface area contributed by atoms with Crippen LogP contribution in [-0.4, -0.2) is 120 Å². The molecular weight excluding hydrogens is 757 g/mol. The van der Waals surface area contributed by atoms with Crippen LogP contribution < -0.4 is 0 Å². The number of likely N-dealkylation sites (tertiary alicyclic amines) is 4. The Kier molecular flexibility index (Phi) is 10.7. The fraction of sp³-hybridized carbons (Fsp3) is 0.500. The zero-order valence-corrected chi connectivity index (χ0v) is 32.5. The second-order valence-corrected chi connectivity index (χ2v) is 16.4. The predicted octanol–water partition coefficient (Wildman–Crippen LogP) is 6.26. The highest BCUT2D eigenvalue weighted by molar-refractivity contribution is 6.35. The third-order valence-corrected chi connectivity index (χ3v) is 12.5. The second-order valence-electron chi connectivity index (χ2n) is 16.4. The van der Waals surface area contributed by atoms with E-state index in [0.29, 0.717) is 42.5 Å². The Morgan fingerprint density at radius 2 is 1.05 bits per heavy atom. The number of carbonyl (C=O) groups excluding carboxylic acids is 3. The first-order valence-corrected chi connectivity index (χ1v) is 20.1. The first-order valence-electron chi connectivity index (χ1n) is 20.1. The minimum absolute atomic E-state index is 0.0378. The van der Waals surface area contributed by atoms with Gasteiger partial charge in [0.15, 0.2) is 6.23 Å². The summed E-state index contributed by atoms with van der Waals surface area (Å²) >= 11 is 0. The number of alkyl halides is 4. The van der Waals surface area contributed by atoms with Crippen LogP contribution >= 0.6 is 0 Å². The van der Waals surface area contributed by atoms with Gasteiger partial charge < -0.3 is 29.8 Å². The molecule has 0 radical (unpaired) electrons. The second kappa shape index (κ2) is 15.6. The fourth-order valence-corrected chi connectivity index (χ4v) is 8.84. The number of amides is 3. The molecule has 0 bridgehead atoms. The van der Waals surface area contributed by atoms with Crippen molar-refractivity contribution in [3.05, 3.63) is 72.6 Å². The Hall–Kier alpha value is -5.09. The highest BCUT2D eigenvalue weighted by Gasteiger charge is 2.45. The molecule has 16 heteroatoms. The van der Waals surface area contributed by atoms with Crippen LogP contribution in [0.5, 0.6) is 0 Å². The van der Waals surface area contributed by atoms with Gasteiger partial charge in [0.2, 0.25) is 0 Å². The molecule has 2 aromatic carbocycles. The van der Waals surface area contributed by atoms with Gasteiger partial charge in [0.25, 0.3) is 17.8 Å². The largest absolute Gasteiger partial charge is 0.370 e. The number of halogens is 4. The van der Waals surface area contributed by atoms with Gasteiger partial charge in [0, 0.05) is 88.5 Å². The van der Waals surface area contributed by atoms with Crippen LogP contribution in [-0.2, 0) is 14.4 Å². The highest BCUT2D eigenvalue weighted by atomic mass is 19.3. The molecule has 3 unspecified atom stereocenters. The number of aromatic nitrogens is 4. The SMILES string of the molecule is C[C@H]1CCN(C(=O)C(=O)N2CCC(F)(F)CC2)C1c1nc(-c2ccc(-c3ccc(-c4c[nH]c(C5[C@@H](C)CCN5C(=O)C(O)N5CCC(F)(F)CC5)n4)cc3)cc2)c[nH]1. The molecule has 2 aromatic heterocycles. The molecule has 308 valence electrons. The van der Waals surface area contributed by atoms with Crippen molar-refractivity contribution in [2.24, 2.45) is 11.8 Å². The number of benzene rings is 2. The predicted molar refractivity (Wildman–Crippen MR) is 206 cm³/mol. The average molecular weight is 805 g/mol. The van der Waals surface area contributed by atoms with Crippen molar-refractivity contribution < 1.29 is 37.1 Å². The zero-order valence-electron chi connectivity index (χ0n) is 32.5. The van der Waals surface area contributed by atoms with E-state index in [4.69, 9.17) is 9.97 Å². The molecule has 0 spiro atoms. The molecule has 8 rings (SSSR count). The molecule has 0 aliphatic carbocycles. The van der Waals surface area contributed by atoms with Gasteiger partial charge in [-0.25, -0.2) is 27.5 Å². The number of hydrogen-bond donors (Lipinski definition) is 3. The van der Waals surface area contributed by atoms with E-state index in [1.165, 1.54) is 14.7 Å². The summed E-state index contributed by atoms with van der Waals surface area (Å²) in [4.78, 5) is 61.7. The summed E-state index contributed by atoms with van der Waals surface area (Å²) < 4.78 is 54.7. The summed E-state index contributed by atoms with van der Waals surface area (Å²) in [5.41, 5.74) is 5.08. The van der Waals surface area contributed by atoms with Crippen molar-refractivity contribution >= 4 is 17.7 Å². The van der Waals surface area contributed by atoms with Gasteiger partial charge in [-0.3, -0.25) is 19.3 Å². The van der Waals surface area contributed by atoms with Crippen molar-refractivity contribution in [3.8, 4) is 33.6 Å². The quantitative estimate of drug-likeness (QED) is 0.148. The van der Waals surface area contributed by atoms with Crippen LogP contribution in [0.4, 0.5) is 17.6 Å². The van der Waals surface area contributed by atoms with Crippen LogP contribution in [0.3, 0.4) is 0 Å². The maximum Gasteiger partial charge on any atom is 0.312 e. The number of carbonyl (C=O) groups is 3. The summed E-state index contributed by atoms with van der Waals surface area (Å²) in [6.45, 7) is 4.47. The molecular formula is C42H48F4N8O4. The number of aliphatic hydroxyl groups excluding tert-OH is 1. The lowest BCUT2D eigenvalue weighted by Gasteiger charge is -2.36. The van der Waals surface area contributed by atoms with Gasteiger partial charge >= 0.3 is 11.8 Å². The molecule has 58 heavy (non-hydrogen) atoms. The Morgan fingerprint density at radius 3 is 1.53 bits per heavy atom. The van der Waals surface area contributed by atoms with E-state index < -0.39 is 54.7 Å². The number of rotatable bonds is 7. The van der Waals surface area contributed by atoms with E-state index in [9.17, 15) is 37.1 Å². The maximum atomic E-state index is 13.7. The fourth-order valence-electron chi connectivity index (χ4n) is 8.84. The number of imidazole rings is 2. The number of aliphatic hydroxyl groups is 1. The number of nitrogens with zero attached hydrogens (tertiary/aromatic N) is 6. The monoisotopic (exact) mass is 804 g/mol. The number of nitrogens with one attached hydrogen (secondary N) is 2. The smallest absolute Gasteiger partial charge is 0.312 e. The van der Waals surface area contributed by atoms with Crippen molar-refractivity contribution in [3.63, 3.8) is 0 Å². The third-order valence-electron chi connectivity index (χ3n) is 12.5. The molecule has 3 amide bonds. The van der Waals surface area contributed by atoms with Gasteiger partial charge in [0.05, 0.1) is 23.5 Å². The summed E-state index contributed by atoms with van der Waals surface area (Å²) in [5, 5.41) is 10.9. The lowest BCUT2D eigenvalue weighted by molar-refractivity contribution is -0.158. The highest BCUT2D eigenvalue weighted by Crippen LogP contribution is 2.39. The van der Waals surface area contributed by atoms with Crippen LogP contribution in [0.15, 0.2) is 60.9 Å². The van der Waals surface area contributed by atoms with E-state index >= 15 is 0 Å². The van der Waals surface area contributed by atoms with Crippen LogP contribution in [0, 0.1) is 11.8 Å². The summed E-state index contributed by atoms with van der Waals surface area (Å²) in [6, 6.07) is 15.0. The standard InChI is InChI=1S/C42H48F4N8O4/c1-25-11-17-53(39(57)37(55)51-19-13-41(43,44)14-20-51)33(25)35-47-23-31(49-35)29-7-3-27(4-8-29)28-5-9-30(10-6-28)32-24-48-36(50-32)34-26(2)12-18-54(34)40(58)38(56)52-21-15-42(45,46)16-22-52/h3-10,23-26,33-34,37,55H,11-22H2,1-2H3,(H,47,49)(H,48,50)/t25-,26-,33?,34?,37?/m0/s1. The molecule has 12 nitrogen and oxygen atoms in total. The minimum atomic E-state index is -2.81. The number of aromatic amines is 2. The normalized spacial score (nSPS) is 25.3. The number of piperidine rings is 2. The Balaban J connectivity index is 0.907. The Bertz CT molecular complexity index is 2120. The van der Waals surface area contributed by atoms with Crippen LogP contribution in [0.25, 0.3) is 33.6 Å². The zero-order chi connectivity index (χ0) is 40.9. The lowest BCUT2D eigenvalue weighted by Crippen LogP contribution is -2.52. The summed E-state index contributed by atoms with van der Waals surface area (Å²) in [6.07, 6.45) is 1.85. The van der Waals surface area contributed by atoms with E-state index in [2.05, 4.69) is 9.97 Å². The first-order chi connectivity index (χ1) is 27.7. The van der Waals surface area contributed by atoms with Crippen molar-refractivity contribution in [1.29, 1.82) is 0 Å². The molecule has 5 atom stereocenters. The molecule has 4 saturated heterocycles. The van der Waals surface area contributed by atoms with E-state index in [1.54, 1.807) is 17.3 Å². The van der Waals surface area contributed by atoms with Crippen LogP contribution in [0.1, 0.15) is 76.1 Å². The van der Waals surface area contributed by atoms with Gasteiger partial charge in [-0.15, -0.1) is 0 Å². The van der Waals surface area contributed by atoms with Crippen LogP contribution in [0.2, 0.25) is 0 Å². The molecule has 4 aliphatic rings. The molecule has 0 saturated carbocycles. The third kappa shape index (κ3) is 7.87. The molecule has 3 N–H and O–H groups in total. The van der Waals surface area contributed by atoms with Gasteiger partial charge in [0.1, 0.15) is 11.6 Å². The number of H-pyrrole nitrogens is 2. The molecule has 6 heterocycles. The van der Waals surface area contributed by atoms with E-state index in [-0.39, 0.29) is 56.9 Å². The van der Waals surface area contributed by atoms with Gasteiger partial charge in [-0.05, 0) is 35.8 Å². The lowest BCUT2D eigenvalue weighted by atomic mass is 10.0. The van der Waals surface area contributed by atoms with E-state index in [1.807, 2.05) is 62.4 Å². The van der Waals surface area contributed by atoms with E-state index in [0.717, 1.165) is 28.7 Å². The first kappa shape index (κ1) is 39.7. The molecule has 4 aliphatic heterocycles. The summed E-state index contributed by atoms with van der Waals surface area (Å²) in [7, 11) is 0. The summed E-state index contributed by atoms with van der Waals surface area (Å²) in [5.74, 6) is -6.23. The van der Waals surface area contributed by atoms with Gasteiger partial charge in [-0.2, -0.15) is 0 Å². The van der Waals surface area contributed by atoms with Gasteiger partial charge in [-0.1, -0.05) is 62.4 Å². The Morgan fingerprint density at radius 1 is 0.638 bits per heavy atom. The van der Waals surface area contributed by atoms with Crippen molar-refractivity contribution in [2.45, 2.75) is 82.5 Å². The molecule has 4 aromatic rings. The molecule has 4 fully saturated rings. The van der Waals surface area contributed by atoms with Crippen molar-refractivity contribution in [1.82, 2.24) is 39.5 Å². The Labute approximate surface area is 333 Å². The average Bonchev–Trinajstić information content (AvgIpc) is 4.04. The minimum Gasteiger partial charge on any atom is -0.370 e. The maximum absolute atomic E-state index is 13.7.